The van der Waals surface area contributed by atoms with Crippen molar-refractivity contribution in [2.45, 2.75) is 18.4 Å². The second kappa shape index (κ2) is 5.05. The number of aromatic nitrogens is 3. The lowest BCUT2D eigenvalue weighted by Gasteiger charge is -2.08. The van der Waals surface area contributed by atoms with E-state index < -0.39 is 10.0 Å². The fourth-order valence-corrected chi connectivity index (χ4v) is 2.91. The van der Waals surface area contributed by atoms with E-state index in [9.17, 15) is 8.42 Å². The molecule has 6 nitrogen and oxygen atoms in total. The number of hydrogen-bond donors (Lipinski definition) is 2. The van der Waals surface area contributed by atoms with Gasteiger partial charge in [0.2, 0.25) is 10.0 Å². The Morgan fingerprint density at radius 2 is 2.22 bits per heavy atom. The largest absolute Gasteiger partial charge is 0.262 e. The van der Waals surface area contributed by atoms with E-state index >= 15 is 0 Å². The lowest BCUT2D eigenvalue weighted by molar-refractivity contribution is 0.579. The second-order valence-electron chi connectivity index (χ2n) is 3.67. The number of sulfonamides is 1. The highest BCUT2D eigenvalue weighted by Gasteiger charge is 2.17. The molecule has 8 heteroatoms. The summed E-state index contributed by atoms with van der Waals surface area (Å²) in [5, 5.41) is 6.58. The molecule has 0 fully saturated rings. The first kappa shape index (κ1) is 13.0. The van der Waals surface area contributed by atoms with Crippen LogP contribution < -0.4 is 4.72 Å². The summed E-state index contributed by atoms with van der Waals surface area (Å²) in [5.74, 6) is 0.443. The van der Waals surface area contributed by atoms with E-state index in [1.54, 1.807) is 19.1 Å². The molecule has 0 atom stereocenters. The van der Waals surface area contributed by atoms with Crippen LogP contribution in [0.5, 0.6) is 0 Å². The van der Waals surface area contributed by atoms with Gasteiger partial charge in [-0.15, -0.1) is 0 Å². The minimum absolute atomic E-state index is 0.0499. The first-order valence-electron chi connectivity index (χ1n) is 5.09. The van der Waals surface area contributed by atoms with Crippen molar-refractivity contribution >= 4 is 21.6 Å². The molecule has 0 unspecified atom stereocenters. The predicted molar refractivity (Wildman–Crippen MR) is 66.6 cm³/mol. The summed E-state index contributed by atoms with van der Waals surface area (Å²) >= 11 is 5.80. The van der Waals surface area contributed by atoms with Crippen LogP contribution in [0.4, 0.5) is 0 Å². The van der Waals surface area contributed by atoms with Gasteiger partial charge in [-0.1, -0.05) is 17.7 Å². The van der Waals surface area contributed by atoms with Gasteiger partial charge in [-0.2, -0.15) is 5.10 Å². The fourth-order valence-electron chi connectivity index (χ4n) is 1.42. The average Bonchev–Trinajstić information content (AvgIpc) is 2.83. The second-order valence-corrected chi connectivity index (χ2v) is 5.84. The van der Waals surface area contributed by atoms with E-state index in [0.29, 0.717) is 16.4 Å². The van der Waals surface area contributed by atoms with E-state index in [2.05, 4.69) is 19.9 Å². The molecular weight excluding hydrogens is 276 g/mol. The number of halogens is 1. The molecule has 1 aromatic carbocycles. The molecule has 0 bridgehead atoms. The number of nitrogens with zero attached hydrogens (tertiary/aromatic N) is 2. The molecule has 0 radical (unpaired) electrons. The van der Waals surface area contributed by atoms with Crippen molar-refractivity contribution in [3.8, 4) is 0 Å². The fraction of sp³-hybridized carbons (Fsp3) is 0.200. The smallest absolute Gasteiger partial charge is 0.241 e. The summed E-state index contributed by atoms with van der Waals surface area (Å²) in [7, 11) is -3.61. The van der Waals surface area contributed by atoms with Gasteiger partial charge in [-0.05, 0) is 24.6 Å². The summed E-state index contributed by atoms with van der Waals surface area (Å²) in [6.07, 6.45) is 1.31. The third kappa shape index (κ3) is 2.87. The Hall–Kier alpha value is -1.44. The van der Waals surface area contributed by atoms with E-state index in [4.69, 9.17) is 11.6 Å². The van der Waals surface area contributed by atoms with Crippen molar-refractivity contribution in [1.82, 2.24) is 19.9 Å². The number of aryl methyl sites for hydroxylation is 1. The maximum atomic E-state index is 12.1. The monoisotopic (exact) mass is 286 g/mol. The van der Waals surface area contributed by atoms with Crippen LogP contribution in [0.15, 0.2) is 29.4 Å². The molecule has 0 aliphatic rings. The quantitative estimate of drug-likeness (QED) is 0.885. The molecule has 0 aliphatic heterocycles. The highest BCUT2D eigenvalue weighted by atomic mass is 35.5. The van der Waals surface area contributed by atoms with Crippen LogP contribution in [0.2, 0.25) is 5.02 Å². The molecule has 0 aliphatic carbocycles. The summed E-state index contributed by atoms with van der Waals surface area (Å²) in [4.78, 5) is 3.99. The van der Waals surface area contributed by atoms with Crippen LogP contribution >= 0.6 is 11.6 Å². The Kier molecular flexibility index (Phi) is 3.65. The van der Waals surface area contributed by atoms with Crippen molar-refractivity contribution in [1.29, 1.82) is 0 Å². The highest BCUT2D eigenvalue weighted by molar-refractivity contribution is 7.89. The third-order valence-electron chi connectivity index (χ3n) is 2.33. The number of nitrogens with one attached hydrogen (secondary N) is 2. The Labute approximate surface area is 109 Å². The molecular formula is C10H11ClN4O2S. The zero-order valence-corrected chi connectivity index (χ0v) is 11.1. The summed E-state index contributed by atoms with van der Waals surface area (Å²) in [6.45, 7) is 1.76. The molecule has 1 heterocycles. The van der Waals surface area contributed by atoms with Gasteiger partial charge in [-0.3, -0.25) is 5.10 Å². The number of aromatic amines is 1. The number of benzene rings is 1. The SMILES string of the molecule is Cc1ccc(Cl)cc1S(=O)(=O)NCc1ncn[nH]1. The normalized spacial score (nSPS) is 11.7. The van der Waals surface area contributed by atoms with Crippen LogP contribution in [0.25, 0.3) is 0 Å². The third-order valence-corrected chi connectivity index (χ3v) is 4.11. The summed E-state index contributed by atoms with van der Waals surface area (Å²) in [6, 6.07) is 4.72. The highest BCUT2D eigenvalue weighted by Crippen LogP contribution is 2.19. The van der Waals surface area contributed by atoms with Gasteiger partial charge < -0.3 is 0 Å². The summed E-state index contributed by atoms with van der Waals surface area (Å²) < 4.78 is 26.6. The molecule has 18 heavy (non-hydrogen) atoms. The van der Waals surface area contributed by atoms with Crippen molar-refractivity contribution in [3.63, 3.8) is 0 Å². The van der Waals surface area contributed by atoms with Gasteiger partial charge >= 0.3 is 0 Å². The van der Waals surface area contributed by atoms with Crippen LogP contribution in [-0.4, -0.2) is 23.6 Å². The molecule has 2 N–H and O–H groups in total. The molecule has 96 valence electrons. The molecule has 1 aromatic heterocycles. The first-order valence-corrected chi connectivity index (χ1v) is 6.95. The first-order chi connectivity index (χ1) is 8.49. The predicted octanol–water partition coefficient (Wildman–Crippen LogP) is 1.25. The maximum Gasteiger partial charge on any atom is 0.241 e. The average molecular weight is 287 g/mol. The molecule has 0 spiro atoms. The van der Waals surface area contributed by atoms with Crippen molar-refractivity contribution < 1.29 is 8.42 Å². The topological polar surface area (TPSA) is 87.7 Å². The number of hydrogen-bond acceptors (Lipinski definition) is 4. The van der Waals surface area contributed by atoms with Gasteiger partial charge in [0, 0.05) is 5.02 Å². The minimum atomic E-state index is -3.61. The molecule has 0 saturated carbocycles. The minimum Gasteiger partial charge on any atom is -0.262 e. The van der Waals surface area contributed by atoms with Crippen LogP contribution in [0, 0.1) is 6.92 Å². The van der Waals surface area contributed by atoms with E-state index in [-0.39, 0.29) is 11.4 Å². The van der Waals surface area contributed by atoms with Gasteiger partial charge in [0.25, 0.3) is 0 Å². The van der Waals surface area contributed by atoms with Crippen molar-refractivity contribution in [2.75, 3.05) is 0 Å². The Morgan fingerprint density at radius 3 is 2.89 bits per heavy atom. The lowest BCUT2D eigenvalue weighted by Crippen LogP contribution is -2.24. The molecule has 0 amide bonds. The van der Waals surface area contributed by atoms with Crippen LogP contribution in [0.3, 0.4) is 0 Å². The zero-order valence-electron chi connectivity index (χ0n) is 9.51. The molecule has 2 rings (SSSR count). The van der Waals surface area contributed by atoms with Crippen molar-refractivity contribution in [3.05, 3.63) is 40.9 Å². The van der Waals surface area contributed by atoms with E-state index in [1.165, 1.54) is 12.4 Å². The zero-order chi connectivity index (χ0) is 13.2. The Morgan fingerprint density at radius 1 is 1.44 bits per heavy atom. The van der Waals surface area contributed by atoms with Gasteiger partial charge in [0.1, 0.15) is 12.2 Å². The van der Waals surface area contributed by atoms with Crippen LogP contribution in [0.1, 0.15) is 11.4 Å². The van der Waals surface area contributed by atoms with Crippen molar-refractivity contribution in [2.24, 2.45) is 0 Å². The lowest BCUT2D eigenvalue weighted by atomic mass is 10.2. The maximum absolute atomic E-state index is 12.1. The van der Waals surface area contributed by atoms with Gasteiger partial charge in [-0.25, -0.2) is 18.1 Å². The van der Waals surface area contributed by atoms with Gasteiger partial charge in [0.05, 0.1) is 11.4 Å². The summed E-state index contributed by atoms with van der Waals surface area (Å²) in [5.41, 5.74) is 0.629. The number of rotatable bonds is 4. The molecule has 2 aromatic rings. The Balaban J connectivity index is 2.22. The molecule has 0 saturated heterocycles. The Bertz CT molecular complexity index is 640. The van der Waals surface area contributed by atoms with Gasteiger partial charge in [0.15, 0.2) is 0 Å². The standard InChI is InChI=1S/C10H11ClN4O2S/c1-7-2-3-8(11)4-9(7)18(16,17)14-5-10-12-6-13-15-10/h2-4,6,14H,5H2,1H3,(H,12,13,15). The number of H-pyrrole nitrogens is 1. The van der Waals surface area contributed by atoms with E-state index in [1.807, 2.05) is 0 Å². The van der Waals surface area contributed by atoms with Crippen LogP contribution in [-0.2, 0) is 16.6 Å². The van der Waals surface area contributed by atoms with E-state index in [0.717, 1.165) is 0 Å².